The van der Waals surface area contributed by atoms with E-state index in [0.717, 1.165) is 25.7 Å². The molecule has 0 amide bonds. The number of hydrogen-bond donors (Lipinski definition) is 0. The van der Waals surface area contributed by atoms with Gasteiger partial charge in [-0.3, -0.25) is 4.79 Å². The third-order valence-corrected chi connectivity index (χ3v) is 4.06. The summed E-state index contributed by atoms with van der Waals surface area (Å²) in [6, 6.07) is 7.40. The molecular weight excluding hydrogens is 308 g/mol. The first-order valence-corrected chi connectivity index (χ1v) is 9.07. The second-order valence-electron chi connectivity index (χ2n) is 6.82. The number of rotatable bonds is 10. The summed E-state index contributed by atoms with van der Waals surface area (Å²) in [7, 11) is 0. The average Bonchev–Trinajstić information content (AvgIpc) is 2.54. The van der Waals surface area contributed by atoms with Gasteiger partial charge in [0, 0.05) is 0 Å². The fraction of sp³-hybridized carbons (Fsp3) is 0.435. The maximum atomic E-state index is 11.6. The van der Waals surface area contributed by atoms with Gasteiger partial charge in [0.2, 0.25) is 0 Å². The number of ketones is 1. The zero-order valence-electron chi connectivity index (χ0n) is 16.4. The number of hydrogen-bond acceptors (Lipinski definition) is 2. The van der Waals surface area contributed by atoms with Crippen LogP contribution in [0.3, 0.4) is 0 Å². The average molecular weight is 341 g/mol. The van der Waals surface area contributed by atoms with E-state index in [9.17, 15) is 4.79 Å². The van der Waals surface area contributed by atoms with Crippen LogP contribution in [0, 0.1) is 0 Å². The Morgan fingerprint density at radius 1 is 0.880 bits per heavy atom. The minimum absolute atomic E-state index is 0.0324. The standard InChI is InChI=1S/C23H32O2/c1-18(2)10-8-11-19(3)12-9-13-20(4)16-17-25-23-15-7-6-14-22(23)21(5)24/h6-7,10,12,14-16H,8-9,11,13,17H2,1-5H3/b19-12+,20-16+. The van der Waals surface area contributed by atoms with Crippen molar-refractivity contribution in [3.05, 3.63) is 64.8 Å². The molecule has 1 aromatic carbocycles. The van der Waals surface area contributed by atoms with E-state index in [1.807, 2.05) is 18.2 Å². The van der Waals surface area contributed by atoms with Crippen LogP contribution < -0.4 is 4.74 Å². The summed E-state index contributed by atoms with van der Waals surface area (Å²) in [4.78, 5) is 11.6. The molecule has 1 rings (SSSR count). The van der Waals surface area contributed by atoms with Crippen LogP contribution in [0.4, 0.5) is 0 Å². The molecule has 0 fully saturated rings. The topological polar surface area (TPSA) is 26.3 Å². The third kappa shape index (κ3) is 9.09. The summed E-state index contributed by atoms with van der Waals surface area (Å²) < 4.78 is 5.75. The zero-order chi connectivity index (χ0) is 18.7. The van der Waals surface area contributed by atoms with E-state index in [0.29, 0.717) is 17.9 Å². The largest absolute Gasteiger partial charge is 0.489 e. The van der Waals surface area contributed by atoms with Crippen molar-refractivity contribution in [2.75, 3.05) is 6.61 Å². The van der Waals surface area contributed by atoms with Crippen LogP contribution in [-0.2, 0) is 0 Å². The fourth-order valence-corrected chi connectivity index (χ4v) is 2.50. The first-order chi connectivity index (χ1) is 11.9. The molecule has 0 saturated carbocycles. The Balaban J connectivity index is 2.39. The highest BCUT2D eigenvalue weighted by Crippen LogP contribution is 2.18. The van der Waals surface area contributed by atoms with E-state index in [4.69, 9.17) is 4.74 Å². The van der Waals surface area contributed by atoms with Crippen molar-refractivity contribution in [1.29, 1.82) is 0 Å². The van der Waals surface area contributed by atoms with Crippen LogP contribution in [0.15, 0.2) is 59.2 Å². The molecule has 2 heteroatoms. The number of allylic oxidation sites excluding steroid dienone is 5. The summed E-state index contributed by atoms with van der Waals surface area (Å²) in [6.45, 7) is 10.7. The quantitative estimate of drug-likeness (QED) is 0.350. The number of carbonyl (C=O) groups excluding carboxylic acids is 1. The number of carbonyl (C=O) groups is 1. The first-order valence-electron chi connectivity index (χ1n) is 9.07. The molecule has 0 unspecified atom stereocenters. The highest BCUT2D eigenvalue weighted by atomic mass is 16.5. The number of benzene rings is 1. The van der Waals surface area contributed by atoms with Crippen molar-refractivity contribution in [2.24, 2.45) is 0 Å². The Hall–Kier alpha value is -2.09. The third-order valence-electron chi connectivity index (χ3n) is 4.06. The van der Waals surface area contributed by atoms with Gasteiger partial charge >= 0.3 is 0 Å². The lowest BCUT2D eigenvalue weighted by atomic mass is 10.1. The van der Waals surface area contributed by atoms with Crippen molar-refractivity contribution in [3.8, 4) is 5.75 Å². The molecule has 0 atom stereocenters. The Labute approximate surface area is 153 Å². The Morgan fingerprint density at radius 2 is 1.48 bits per heavy atom. The lowest BCUT2D eigenvalue weighted by Crippen LogP contribution is -2.01. The second-order valence-corrected chi connectivity index (χ2v) is 6.82. The predicted molar refractivity (Wildman–Crippen MR) is 107 cm³/mol. The van der Waals surface area contributed by atoms with Gasteiger partial charge in [-0.1, -0.05) is 41.0 Å². The number of ether oxygens (including phenoxy) is 1. The molecule has 2 nitrogen and oxygen atoms in total. The lowest BCUT2D eigenvalue weighted by molar-refractivity contribution is 0.101. The molecule has 0 saturated heterocycles. The van der Waals surface area contributed by atoms with Gasteiger partial charge in [-0.05, 0) is 78.5 Å². The smallest absolute Gasteiger partial charge is 0.163 e. The van der Waals surface area contributed by atoms with Gasteiger partial charge in [0.05, 0.1) is 5.56 Å². The molecule has 0 aliphatic heterocycles. The molecule has 0 radical (unpaired) electrons. The molecular formula is C23H32O2. The highest BCUT2D eigenvalue weighted by molar-refractivity contribution is 5.96. The minimum Gasteiger partial charge on any atom is -0.489 e. The Bertz CT molecular complexity index is 644. The fourth-order valence-electron chi connectivity index (χ4n) is 2.50. The summed E-state index contributed by atoms with van der Waals surface area (Å²) >= 11 is 0. The molecule has 0 N–H and O–H groups in total. The lowest BCUT2D eigenvalue weighted by Gasteiger charge is -2.08. The summed E-state index contributed by atoms with van der Waals surface area (Å²) in [6.07, 6.45) is 11.1. The monoisotopic (exact) mass is 340 g/mol. The van der Waals surface area contributed by atoms with Gasteiger partial charge in [-0.25, -0.2) is 0 Å². The molecule has 0 aliphatic rings. The van der Waals surface area contributed by atoms with Crippen LogP contribution >= 0.6 is 0 Å². The molecule has 25 heavy (non-hydrogen) atoms. The molecule has 0 aromatic heterocycles. The van der Waals surface area contributed by atoms with Crippen LogP contribution in [0.5, 0.6) is 5.75 Å². The van der Waals surface area contributed by atoms with Crippen molar-refractivity contribution in [2.45, 2.75) is 60.3 Å². The summed E-state index contributed by atoms with van der Waals surface area (Å²) in [5.41, 5.74) is 4.80. The summed E-state index contributed by atoms with van der Waals surface area (Å²) in [5, 5.41) is 0. The van der Waals surface area contributed by atoms with Gasteiger partial charge in [0.25, 0.3) is 0 Å². The maximum Gasteiger partial charge on any atom is 0.163 e. The van der Waals surface area contributed by atoms with Gasteiger partial charge in [0.15, 0.2) is 5.78 Å². The minimum atomic E-state index is 0.0324. The predicted octanol–water partition coefficient (Wildman–Crippen LogP) is 6.69. The zero-order valence-corrected chi connectivity index (χ0v) is 16.4. The van der Waals surface area contributed by atoms with Crippen LogP contribution in [0.2, 0.25) is 0 Å². The van der Waals surface area contributed by atoms with E-state index in [1.165, 1.54) is 16.7 Å². The van der Waals surface area contributed by atoms with Crippen molar-refractivity contribution in [3.63, 3.8) is 0 Å². The molecule has 136 valence electrons. The van der Waals surface area contributed by atoms with E-state index >= 15 is 0 Å². The van der Waals surface area contributed by atoms with Crippen LogP contribution in [0.25, 0.3) is 0 Å². The second kappa shape index (κ2) is 11.5. The highest BCUT2D eigenvalue weighted by Gasteiger charge is 2.06. The van der Waals surface area contributed by atoms with Crippen molar-refractivity contribution < 1.29 is 9.53 Å². The molecule has 0 bridgehead atoms. The van der Waals surface area contributed by atoms with Crippen LogP contribution in [0.1, 0.15) is 70.7 Å². The number of Topliss-reactive ketones (excluding diaryl/α,β-unsaturated/α-hetero) is 1. The van der Waals surface area contributed by atoms with Gasteiger partial charge in [-0.2, -0.15) is 0 Å². The van der Waals surface area contributed by atoms with E-state index in [2.05, 4.69) is 45.9 Å². The summed E-state index contributed by atoms with van der Waals surface area (Å²) in [5.74, 6) is 0.694. The van der Waals surface area contributed by atoms with Crippen molar-refractivity contribution >= 4 is 5.78 Å². The van der Waals surface area contributed by atoms with Gasteiger partial charge in [0.1, 0.15) is 12.4 Å². The first kappa shape index (κ1) is 21.0. The SMILES string of the molecule is CC(=O)c1ccccc1OC/C=C(\C)CC/C=C(\C)CCC=C(C)C. The maximum absolute atomic E-state index is 11.6. The normalized spacial score (nSPS) is 12.0. The molecule has 0 aliphatic carbocycles. The Kier molecular flexibility index (Phi) is 9.61. The van der Waals surface area contributed by atoms with Gasteiger partial charge < -0.3 is 4.74 Å². The van der Waals surface area contributed by atoms with E-state index < -0.39 is 0 Å². The molecule has 0 spiro atoms. The van der Waals surface area contributed by atoms with E-state index in [1.54, 1.807) is 13.0 Å². The van der Waals surface area contributed by atoms with Crippen LogP contribution in [-0.4, -0.2) is 12.4 Å². The van der Waals surface area contributed by atoms with E-state index in [-0.39, 0.29) is 5.78 Å². The van der Waals surface area contributed by atoms with Crippen molar-refractivity contribution in [1.82, 2.24) is 0 Å². The van der Waals surface area contributed by atoms with Gasteiger partial charge in [-0.15, -0.1) is 0 Å². The Morgan fingerprint density at radius 3 is 2.12 bits per heavy atom. The molecule has 1 aromatic rings. The molecule has 0 heterocycles. The number of para-hydroxylation sites is 1.